The minimum absolute atomic E-state index is 0.0598. The summed E-state index contributed by atoms with van der Waals surface area (Å²) in [4.78, 5) is 39.4. The maximum atomic E-state index is 13.1. The summed E-state index contributed by atoms with van der Waals surface area (Å²) in [6.45, 7) is 0. The fourth-order valence-electron chi connectivity index (χ4n) is 4.51. The van der Waals surface area contributed by atoms with Crippen molar-refractivity contribution >= 4 is 46.3 Å². The summed E-state index contributed by atoms with van der Waals surface area (Å²) in [6.07, 6.45) is 4.85. The van der Waals surface area contributed by atoms with Crippen molar-refractivity contribution in [3.63, 3.8) is 0 Å². The van der Waals surface area contributed by atoms with Crippen molar-refractivity contribution in [3.8, 4) is 0 Å². The molecule has 2 aromatic rings. The van der Waals surface area contributed by atoms with Crippen LogP contribution >= 0.6 is 22.9 Å². The van der Waals surface area contributed by atoms with Crippen LogP contribution in [0.2, 0.25) is 5.02 Å². The van der Waals surface area contributed by atoms with E-state index in [0.717, 1.165) is 36.1 Å². The van der Waals surface area contributed by atoms with E-state index in [9.17, 15) is 19.5 Å². The van der Waals surface area contributed by atoms with Crippen molar-refractivity contribution < 1.29 is 19.5 Å². The van der Waals surface area contributed by atoms with E-state index < -0.39 is 17.8 Å². The Labute approximate surface area is 178 Å². The van der Waals surface area contributed by atoms with Gasteiger partial charge in [0.25, 0.3) is 5.91 Å². The average Bonchev–Trinajstić information content (AvgIpc) is 3.38. The van der Waals surface area contributed by atoms with E-state index in [1.165, 1.54) is 16.2 Å². The highest BCUT2D eigenvalue weighted by Crippen LogP contribution is 2.39. The number of rotatable bonds is 6. The number of nitrogens with one attached hydrogen (secondary N) is 1. The second kappa shape index (κ2) is 8.28. The Morgan fingerprint density at radius 2 is 1.79 bits per heavy atom. The molecule has 4 rings (SSSR count). The molecule has 1 aromatic carbocycles. The number of carboxylic acids is 1. The van der Waals surface area contributed by atoms with E-state index in [1.54, 1.807) is 24.3 Å². The molecule has 0 aliphatic heterocycles. The normalized spacial score (nSPS) is 20.4. The van der Waals surface area contributed by atoms with E-state index >= 15 is 0 Å². The molecule has 2 unspecified atom stereocenters. The smallest absolute Gasteiger partial charge is 0.307 e. The van der Waals surface area contributed by atoms with Crippen molar-refractivity contribution in [2.24, 2.45) is 11.8 Å². The maximum absolute atomic E-state index is 13.1. The highest BCUT2D eigenvalue weighted by molar-refractivity contribution is 7.12. The molecule has 2 atom stereocenters. The van der Waals surface area contributed by atoms with Crippen molar-refractivity contribution in [1.29, 1.82) is 0 Å². The summed E-state index contributed by atoms with van der Waals surface area (Å²) in [5.74, 6) is -2.21. The van der Waals surface area contributed by atoms with Crippen LogP contribution in [0.15, 0.2) is 24.3 Å². The number of anilines is 1. The number of thiophene rings is 1. The first-order chi connectivity index (χ1) is 13.9. The van der Waals surface area contributed by atoms with Crippen LogP contribution in [0.4, 0.5) is 5.69 Å². The number of carbonyl (C=O) groups is 3. The first kappa shape index (κ1) is 20.1. The van der Waals surface area contributed by atoms with Gasteiger partial charge in [0.2, 0.25) is 0 Å². The van der Waals surface area contributed by atoms with Crippen molar-refractivity contribution in [2.75, 3.05) is 5.32 Å². The van der Waals surface area contributed by atoms with Crippen LogP contribution in [0, 0.1) is 11.8 Å². The highest BCUT2D eigenvalue weighted by atomic mass is 35.5. The topological polar surface area (TPSA) is 83.5 Å². The second-order valence-electron chi connectivity index (χ2n) is 7.74. The number of carboxylic acid groups (broad SMARTS) is 1. The molecule has 0 spiro atoms. The Bertz CT molecular complexity index is 966. The lowest BCUT2D eigenvalue weighted by molar-refractivity contribution is -0.145. The predicted octanol–water partition coefficient (Wildman–Crippen LogP) is 4.76. The molecule has 1 fully saturated rings. The van der Waals surface area contributed by atoms with Gasteiger partial charge in [-0.1, -0.05) is 18.0 Å². The van der Waals surface area contributed by atoms with E-state index in [2.05, 4.69) is 5.32 Å². The van der Waals surface area contributed by atoms with E-state index in [0.29, 0.717) is 29.1 Å². The molecule has 2 aliphatic carbocycles. The summed E-state index contributed by atoms with van der Waals surface area (Å²) in [7, 11) is 0. The molecule has 1 amide bonds. The van der Waals surface area contributed by atoms with Crippen LogP contribution in [-0.2, 0) is 28.9 Å². The van der Waals surface area contributed by atoms with Crippen molar-refractivity contribution in [3.05, 3.63) is 50.2 Å². The lowest BCUT2D eigenvalue weighted by Crippen LogP contribution is -2.27. The lowest BCUT2D eigenvalue weighted by Gasteiger charge is -2.15. The average molecular weight is 432 g/mol. The molecular weight excluding hydrogens is 410 g/mol. The zero-order valence-electron chi connectivity index (χ0n) is 15.9. The standard InChI is InChI=1S/C22H22ClNO4S/c23-12-7-9-13(10-8-12)24-21(26)20-16-5-2-6-18(16)29-19(20)11-17(25)14-3-1-4-15(14)22(27)28/h7-10,14-15H,1-6,11H2,(H,24,26)(H,27,28). The molecule has 29 heavy (non-hydrogen) atoms. The van der Waals surface area contributed by atoms with Gasteiger partial charge in [-0.05, 0) is 61.9 Å². The number of fused-ring (bicyclic) bond motifs is 1. The molecule has 152 valence electrons. The highest BCUT2D eigenvalue weighted by Gasteiger charge is 2.38. The fourth-order valence-corrected chi connectivity index (χ4v) is 6.04. The molecule has 7 heteroatoms. The quantitative estimate of drug-likeness (QED) is 0.691. The largest absolute Gasteiger partial charge is 0.481 e. The number of halogens is 1. The van der Waals surface area contributed by atoms with Gasteiger partial charge in [0.05, 0.1) is 11.5 Å². The van der Waals surface area contributed by atoms with Gasteiger partial charge in [0.15, 0.2) is 0 Å². The Morgan fingerprint density at radius 3 is 2.52 bits per heavy atom. The molecular formula is C22H22ClNO4S. The number of carbonyl (C=O) groups excluding carboxylic acids is 2. The first-order valence-electron chi connectivity index (χ1n) is 9.90. The van der Waals surface area contributed by atoms with Crippen LogP contribution in [0.1, 0.15) is 51.4 Å². The van der Waals surface area contributed by atoms with E-state index in [1.807, 2.05) is 0 Å². The van der Waals surface area contributed by atoms with Crippen LogP contribution in [0.25, 0.3) is 0 Å². The van der Waals surface area contributed by atoms with Crippen LogP contribution in [0.5, 0.6) is 0 Å². The summed E-state index contributed by atoms with van der Waals surface area (Å²) >= 11 is 7.45. The zero-order valence-corrected chi connectivity index (χ0v) is 17.4. The summed E-state index contributed by atoms with van der Waals surface area (Å²) in [5, 5.41) is 12.9. The minimum atomic E-state index is -0.893. The van der Waals surface area contributed by atoms with Crippen LogP contribution in [0.3, 0.4) is 0 Å². The Morgan fingerprint density at radius 1 is 1.07 bits per heavy atom. The van der Waals surface area contributed by atoms with Gasteiger partial charge in [-0.3, -0.25) is 14.4 Å². The Kier molecular flexibility index (Phi) is 5.74. The van der Waals surface area contributed by atoms with Gasteiger partial charge in [-0.25, -0.2) is 0 Å². The molecule has 0 bridgehead atoms. The van der Waals surface area contributed by atoms with Crippen LogP contribution in [-0.4, -0.2) is 22.8 Å². The monoisotopic (exact) mass is 431 g/mol. The molecule has 0 radical (unpaired) electrons. The zero-order chi connectivity index (χ0) is 20.5. The van der Waals surface area contributed by atoms with Gasteiger partial charge in [0, 0.05) is 32.8 Å². The Hall–Kier alpha value is -2.18. The van der Waals surface area contributed by atoms with Gasteiger partial charge >= 0.3 is 5.97 Å². The second-order valence-corrected chi connectivity index (χ2v) is 9.37. The van der Waals surface area contributed by atoms with Crippen molar-refractivity contribution in [2.45, 2.75) is 44.9 Å². The van der Waals surface area contributed by atoms with Gasteiger partial charge < -0.3 is 10.4 Å². The van der Waals surface area contributed by atoms with Crippen molar-refractivity contribution in [1.82, 2.24) is 0 Å². The number of hydrogen-bond donors (Lipinski definition) is 2. The van der Waals surface area contributed by atoms with Crippen LogP contribution < -0.4 is 5.32 Å². The number of Topliss-reactive ketones (excluding diaryl/α,β-unsaturated/α-hetero) is 1. The maximum Gasteiger partial charge on any atom is 0.307 e. The third kappa shape index (κ3) is 4.09. The van der Waals surface area contributed by atoms with E-state index in [-0.39, 0.29) is 18.1 Å². The summed E-state index contributed by atoms with van der Waals surface area (Å²) in [5.41, 5.74) is 2.30. The third-order valence-corrected chi connectivity index (χ3v) is 7.45. The SMILES string of the molecule is O=C(Nc1ccc(Cl)cc1)c1c(CC(=O)C2CCCC2C(=O)O)sc2c1CCC2. The predicted molar refractivity (Wildman–Crippen MR) is 113 cm³/mol. The lowest BCUT2D eigenvalue weighted by atomic mass is 9.89. The third-order valence-electron chi connectivity index (χ3n) is 5.90. The number of aryl methyl sites for hydroxylation is 1. The minimum Gasteiger partial charge on any atom is -0.481 e. The number of amides is 1. The molecule has 1 saturated carbocycles. The molecule has 5 nitrogen and oxygen atoms in total. The van der Waals surface area contributed by atoms with Gasteiger partial charge in [0.1, 0.15) is 5.78 Å². The first-order valence-corrected chi connectivity index (χ1v) is 11.1. The summed E-state index contributed by atoms with van der Waals surface area (Å²) < 4.78 is 0. The molecule has 0 saturated heterocycles. The molecule has 2 aliphatic rings. The van der Waals surface area contributed by atoms with E-state index in [4.69, 9.17) is 11.6 Å². The number of benzene rings is 1. The molecule has 1 heterocycles. The fraction of sp³-hybridized carbons (Fsp3) is 0.409. The molecule has 2 N–H and O–H groups in total. The summed E-state index contributed by atoms with van der Waals surface area (Å²) in [6, 6.07) is 6.92. The van der Waals surface area contributed by atoms with Gasteiger partial charge in [-0.15, -0.1) is 11.3 Å². The number of ketones is 1. The van der Waals surface area contributed by atoms with Gasteiger partial charge in [-0.2, -0.15) is 0 Å². The molecule has 1 aromatic heterocycles. The Balaban J connectivity index is 1.58. The number of hydrogen-bond acceptors (Lipinski definition) is 4. The number of aliphatic carboxylic acids is 1.